The van der Waals surface area contributed by atoms with Gasteiger partial charge in [0.05, 0.1) is 0 Å². The topological polar surface area (TPSA) is 74.6 Å². The van der Waals surface area contributed by atoms with Crippen molar-refractivity contribution in [3.63, 3.8) is 0 Å². The van der Waals surface area contributed by atoms with Crippen molar-refractivity contribution in [2.75, 3.05) is 0 Å². The third-order valence-electron chi connectivity index (χ3n) is 0. The molecule has 4 nitrogen and oxygen atoms in total. The van der Waals surface area contributed by atoms with Crippen LogP contribution < -0.4 is 0 Å². The molecule has 34 valence electrons. The molecule has 0 aromatic rings. The second kappa shape index (κ2) is 3.32. The van der Waals surface area contributed by atoms with Crippen molar-refractivity contribution < 1.29 is 16.0 Å². The fraction of sp³-hybridized carbons (Fsp3) is 0. The Labute approximate surface area is 66.4 Å². The number of rotatable bonds is 0. The fourth-order valence-corrected chi connectivity index (χ4v) is 0. The molecule has 0 atom stereocenters. The molecule has 0 aromatic heterocycles. The van der Waals surface area contributed by atoms with E-state index in [1.54, 1.807) is 0 Å². The summed E-state index contributed by atoms with van der Waals surface area (Å²) in [5.41, 5.74) is 0. The van der Waals surface area contributed by atoms with Crippen molar-refractivity contribution in [2.45, 2.75) is 0 Å². The van der Waals surface area contributed by atoms with Crippen LogP contribution in [-0.2, 0) is 7.67 Å². The third-order valence-corrected chi connectivity index (χ3v) is 0. The summed E-state index contributed by atoms with van der Waals surface area (Å²) < 4.78 is 31.9. The first-order valence-electron chi connectivity index (χ1n) is 0.698. The van der Waals surface area contributed by atoms with Crippen molar-refractivity contribution in [1.29, 1.82) is 0 Å². The smallest absolute Gasteiger partial charge is 0 e. The van der Waals surface area contributed by atoms with Crippen LogP contribution in [0.3, 0.4) is 0 Å². The van der Waals surface area contributed by atoms with Crippen molar-refractivity contribution in [3.8, 4) is 0 Å². The van der Waals surface area contributed by atoms with Gasteiger partial charge in [-0.25, -0.2) is 0 Å². The van der Waals surface area contributed by atoms with Crippen molar-refractivity contribution in [1.82, 2.24) is 0 Å². The maximum absolute atomic E-state index is 8.82. The van der Waals surface area contributed by atoms with Crippen LogP contribution >= 0.6 is 0 Å². The predicted molar refractivity (Wildman–Crippen MR) is 17.3 cm³/mol. The standard InChI is InChI=1S/Ca.H2O4Se/c;1-5(2,3)4/h;(H2,1,2,3,4). The summed E-state index contributed by atoms with van der Waals surface area (Å²) in [5, 5.41) is 0. The van der Waals surface area contributed by atoms with E-state index in [-0.39, 0.29) is 37.7 Å². The van der Waals surface area contributed by atoms with E-state index in [4.69, 9.17) is 16.0 Å². The van der Waals surface area contributed by atoms with E-state index in [0.29, 0.717) is 0 Å². The van der Waals surface area contributed by atoms with E-state index in [9.17, 15) is 0 Å². The van der Waals surface area contributed by atoms with Gasteiger partial charge >= 0.3 is 29.4 Å². The van der Waals surface area contributed by atoms with Crippen LogP contribution in [0.2, 0.25) is 0 Å². The summed E-state index contributed by atoms with van der Waals surface area (Å²) in [6, 6.07) is 0. The van der Waals surface area contributed by atoms with Gasteiger partial charge in [0.15, 0.2) is 0 Å². The summed E-state index contributed by atoms with van der Waals surface area (Å²) in [4.78, 5) is 0. The molecule has 6 heteroatoms. The summed E-state index contributed by atoms with van der Waals surface area (Å²) in [6.07, 6.45) is 0. The summed E-state index contributed by atoms with van der Waals surface area (Å²) in [7, 11) is 0. The molecule has 0 aliphatic heterocycles. The van der Waals surface area contributed by atoms with Crippen LogP contribution in [0.4, 0.5) is 0 Å². The Bertz CT molecular complexity index is 90.7. The van der Waals surface area contributed by atoms with Gasteiger partial charge in [-0.15, -0.1) is 0 Å². The van der Waals surface area contributed by atoms with Gasteiger partial charge in [0.1, 0.15) is 0 Å². The van der Waals surface area contributed by atoms with Crippen LogP contribution in [0.25, 0.3) is 0 Å². The molecule has 0 amide bonds. The van der Waals surface area contributed by atoms with E-state index in [2.05, 4.69) is 0 Å². The van der Waals surface area contributed by atoms with Gasteiger partial charge in [-0.2, -0.15) is 0 Å². The summed E-state index contributed by atoms with van der Waals surface area (Å²) in [5.74, 6) is 0. The molecule has 0 fully saturated rings. The first-order chi connectivity index (χ1) is 2.00. The molecular weight excluding hydrogens is 183 g/mol. The van der Waals surface area contributed by atoms with Gasteiger partial charge in [0.25, 0.3) is 0 Å². The average Bonchev–Trinajstić information content (AvgIpc) is 0.722. The minimum Gasteiger partial charge on any atom is 0 e. The zero-order valence-electron chi connectivity index (χ0n) is 2.83. The second-order valence-electron chi connectivity index (χ2n) is 0.448. The van der Waals surface area contributed by atoms with Crippen molar-refractivity contribution >= 4 is 51.1 Å². The molecule has 0 bridgehead atoms. The van der Waals surface area contributed by atoms with E-state index in [1.165, 1.54) is 0 Å². The van der Waals surface area contributed by atoms with Gasteiger partial charge in [-0.1, -0.05) is 0 Å². The second-order valence-corrected chi connectivity index (χ2v) is 2.33. The zero-order valence-corrected chi connectivity index (χ0v) is 6.75. The van der Waals surface area contributed by atoms with Gasteiger partial charge in [0, 0.05) is 37.7 Å². The molecule has 0 saturated carbocycles. The first kappa shape index (κ1) is 10.3. The average molecular weight is 185 g/mol. The number of hydrogen-bond acceptors (Lipinski definition) is 2. The van der Waals surface area contributed by atoms with Crippen molar-refractivity contribution in [3.05, 3.63) is 0 Å². The Morgan fingerprint density at radius 1 is 1.17 bits per heavy atom. The third kappa shape index (κ3) is 58.0. The normalized spacial score (nSPS) is 9.67. The molecule has 6 heavy (non-hydrogen) atoms. The van der Waals surface area contributed by atoms with Crippen LogP contribution in [0, 0.1) is 0 Å². The minimum absolute atomic E-state index is 0. The van der Waals surface area contributed by atoms with E-state index < -0.39 is 13.4 Å². The monoisotopic (exact) mass is 186 g/mol. The maximum Gasteiger partial charge on any atom is 0 e. The summed E-state index contributed by atoms with van der Waals surface area (Å²) >= 11 is -5.25. The minimum atomic E-state index is -5.25. The molecule has 0 aliphatic carbocycles. The quantitative estimate of drug-likeness (QED) is 0.423. The molecule has 0 rings (SSSR count). The Morgan fingerprint density at radius 3 is 1.17 bits per heavy atom. The van der Waals surface area contributed by atoms with Gasteiger partial charge in [-0.05, 0) is 0 Å². The zero-order chi connectivity index (χ0) is 4.50. The maximum atomic E-state index is 8.82. The van der Waals surface area contributed by atoms with Crippen LogP contribution in [0.15, 0.2) is 0 Å². The molecule has 0 aliphatic rings. The molecular formula is H2CaO4Se. The summed E-state index contributed by atoms with van der Waals surface area (Å²) in [6.45, 7) is 0. The first-order valence-corrected chi connectivity index (χ1v) is 3.63. The molecule has 0 unspecified atom stereocenters. The molecule has 0 spiro atoms. The van der Waals surface area contributed by atoms with Crippen molar-refractivity contribution in [2.24, 2.45) is 0 Å². The molecule has 0 saturated heterocycles. The van der Waals surface area contributed by atoms with Crippen LogP contribution in [0.1, 0.15) is 0 Å². The Balaban J connectivity index is 0. The molecule has 0 aromatic carbocycles. The van der Waals surface area contributed by atoms with E-state index in [1.807, 2.05) is 0 Å². The van der Waals surface area contributed by atoms with E-state index in [0.717, 1.165) is 0 Å². The molecule has 2 N–H and O–H groups in total. The van der Waals surface area contributed by atoms with Gasteiger partial charge < -0.3 is 0 Å². The molecule has 0 heterocycles. The van der Waals surface area contributed by atoms with Crippen LogP contribution in [0.5, 0.6) is 0 Å². The predicted octanol–water partition coefficient (Wildman–Crippen LogP) is -2.11. The Morgan fingerprint density at radius 2 is 1.17 bits per heavy atom. The van der Waals surface area contributed by atoms with Gasteiger partial charge in [-0.3, -0.25) is 0 Å². The van der Waals surface area contributed by atoms with Crippen LogP contribution in [-0.4, -0.2) is 59.5 Å². The van der Waals surface area contributed by atoms with Gasteiger partial charge in [0.2, 0.25) is 0 Å². The molecule has 2 radical (unpaired) electrons. The number of hydrogen-bond donors (Lipinski definition) is 2. The SMILES string of the molecule is O=[Se](=O)(O)O.[Ca]. The fourth-order valence-electron chi connectivity index (χ4n) is 0. The Hall–Kier alpha value is 1.30. The van der Waals surface area contributed by atoms with E-state index >= 15 is 0 Å². The largest absolute Gasteiger partial charge is 0 e. The Kier molecular flexibility index (Phi) is 5.71.